The van der Waals surface area contributed by atoms with Crippen LogP contribution in [0.3, 0.4) is 0 Å². The Hall–Kier alpha value is -1.56. The quantitative estimate of drug-likeness (QED) is 0.790. The van der Waals surface area contributed by atoms with E-state index in [0.29, 0.717) is 27.0 Å². The summed E-state index contributed by atoms with van der Waals surface area (Å²) >= 11 is 3.10. The van der Waals surface area contributed by atoms with E-state index in [0.717, 1.165) is 0 Å². The molecule has 1 aromatic heterocycles. The molecule has 1 aliphatic rings. The molecule has 3 rings (SSSR count). The van der Waals surface area contributed by atoms with Crippen molar-refractivity contribution in [2.75, 3.05) is 6.79 Å². The van der Waals surface area contributed by atoms with E-state index in [4.69, 9.17) is 9.47 Å². The van der Waals surface area contributed by atoms with Gasteiger partial charge in [-0.15, -0.1) is 10.2 Å². The first kappa shape index (κ1) is 8.72. The molecule has 0 unspecified atom stereocenters. The summed E-state index contributed by atoms with van der Waals surface area (Å²) in [4.78, 5) is 0. The molecule has 0 bridgehead atoms. The molecule has 0 saturated carbocycles. The summed E-state index contributed by atoms with van der Waals surface area (Å²) in [7, 11) is 0. The van der Waals surface area contributed by atoms with Gasteiger partial charge >= 0.3 is 0 Å². The molecule has 0 fully saturated rings. The second kappa shape index (κ2) is 2.96. The summed E-state index contributed by atoms with van der Waals surface area (Å²) in [6, 6.07) is 3.38. The van der Waals surface area contributed by atoms with Crippen molar-refractivity contribution in [1.82, 2.24) is 10.2 Å². The number of ether oxygens (including phenoxy) is 2. The zero-order chi connectivity index (χ0) is 10.4. The van der Waals surface area contributed by atoms with E-state index in [1.54, 1.807) is 12.1 Å². The molecule has 0 saturated heterocycles. The van der Waals surface area contributed by atoms with Gasteiger partial charge in [0.2, 0.25) is 6.79 Å². The molecule has 1 N–H and O–H groups in total. The lowest BCUT2D eigenvalue weighted by Gasteiger charge is -2.02. The van der Waals surface area contributed by atoms with E-state index >= 15 is 0 Å². The first-order valence-electron chi connectivity index (χ1n) is 4.20. The minimum atomic E-state index is 0.0540. The number of hydrogen-bond donors (Lipinski definition) is 1. The van der Waals surface area contributed by atoms with Gasteiger partial charge < -0.3 is 14.6 Å². The van der Waals surface area contributed by atoms with Crippen molar-refractivity contribution in [2.45, 2.75) is 0 Å². The van der Waals surface area contributed by atoms with Crippen molar-refractivity contribution in [1.29, 1.82) is 0 Å². The predicted molar refractivity (Wildman–Crippen MR) is 55.0 cm³/mol. The van der Waals surface area contributed by atoms with Crippen LogP contribution in [0.5, 0.6) is 17.2 Å². The van der Waals surface area contributed by atoms with Gasteiger partial charge in [0.1, 0.15) is 5.52 Å². The maximum absolute atomic E-state index is 9.74. The minimum absolute atomic E-state index is 0.0540. The minimum Gasteiger partial charge on any atom is -0.504 e. The molecule has 0 radical (unpaired) electrons. The molecule has 0 atom stereocenters. The number of rotatable bonds is 0. The molecule has 1 aliphatic heterocycles. The Bertz CT molecular complexity index is 559. The van der Waals surface area contributed by atoms with Crippen LogP contribution in [0.25, 0.3) is 10.9 Å². The first-order valence-corrected chi connectivity index (χ1v) is 4.99. The molecular formula is C9H5BrN2O3. The molecule has 76 valence electrons. The van der Waals surface area contributed by atoms with Crippen molar-refractivity contribution in [3.8, 4) is 17.2 Å². The third-order valence-corrected chi connectivity index (χ3v) is 2.72. The number of benzene rings is 1. The standard InChI is InChI=1S/C9H5BrN2O3/c10-9-8(13)4-1-6-7(15-3-14-6)2-5(4)11-12-9/h1-2H,3H2,(H,11,13). The third-order valence-electron chi connectivity index (χ3n) is 2.19. The average molecular weight is 269 g/mol. The third kappa shape index (κ3) is 1.21. The van der Waals surface area contributed by atoms with Crippen molar-refractivity contribution < 1.29 is 14.6 Å². The summed E-state index contributed by atoms with van der Waals surface area (Å²) in [5.41, 5.74) is 0.569. The van der Waals surface area contributed by atoms with Crippen LogP contribution in [0.4, 0.5) is 0 Å². The molecule has 15 heavy (non-hydrogen) atoms. The zero-order valence-corrected chi connectivity index (χ0v) is 8.98. The molecule has 0 amide bonds. The number of hydrogen-bond acceptors (Lipinski definition) is 5. The Balaban J connectivity index is 2.38. The van der Waals surface area contributed by atoms with Gasteiger partial charge in [-0.25, -0.2) is 0 Å². The summed E-state index contributed by atoms with van der Waals surface area (Å²) in [6.45, 7) is 0.195. The van der Waals surface area contributed by atoms with E-state index in [1.807, 2.05) is 0 Å². The van der Waals surface area contributed by atoms with Crippen LogP contribution in [0.15, 0.2) is 16.7 Å². The number of aromatic nitrogens is 2. The van der Waals surface area contributed by atoms with Gasteiger partial charge in [0.25, 0.3) is 0 Å². The van der Waals surface area contributed by atoms with Crippen molar-refractivity contribution in [2.24, 2.45) is 0 Å². The monoisotopic (exact) mass is 268 g/mol. The van der Waals surface area contributed by atoms with Crippen LogP contribution in [0.1, 0.15) is 0 Å². The van der Waals surface area contributed by atoms with E-state index < -0.39 is 0 Å². The summed E-state index contributed by atoms with van der Waals surface area (Å²) < 4.78 is 10.7. The van der Waals surface area contributed by atoms with Crippen LogP contribution >= 0.6 is 15.9 Å². The van der Waals surface area contributed by atoms with Gasteiger partial charge in [-0.1, -0.05) is 0 Å². The molecule has 5 nitrogen and oxygen atoms in total. The van der Waals surface area contributed by atoms with Crippen molar-refractivity contribution >= 4 is 26.8 Å². The molecule has 0 aliphatic carbocycles. The lowest BCUT2D eigenvalue weighted by atomic mass is 10.2. The smallest absolute Gasteiger partial charge is 0.231 e. The van der Waals surface area contributed by atoms with Crippen LogP contribution in [0, 0.1) is 0 Å². The summed E-state index contributed by atoms with van der Waals surface area (Å²) in [6.07, 6.45) is 0. The van der Waals surface area contributed by atoms with Crippen LogP contribution in [-0.4, -0.2) is 22.1 Å². The van der Waals surface area contributed by atoms with Gasteiger partial charge in [0, 0.05) is 6.07 Å². The van der Waals surface area contributed by atoms with Gasteiger partial charge in [0.15, 0.2) is 21.9 Å². The van der Waals surface area contributed by atoms with E-state index in [9.17, 15) is 5.11 Å². The lowest BCUT2D eigenvalue weighted by Crippen LogP contribution is -1.92. The fourth-order valence-electron chi connectivity index (χ4n) is 1.46. The average Bonchev–Trinajstić information content (AvgIpc) is 2.68. The van der Waals surface area contributed by atoms with Gasteiger partial charge in [0.05, 0.1) is 5.39 Å². The Kier molecular flexibility index (Phi) is 1.72. The van der Waals surface area contributed by atoms with Crippen LogP contribution < -0.4 is 9.47 Å². The fraction of sp³-hybridized carbons (Fsp3) is 0.111. The number of halogens is 1. The van der Waals surface area contributed by atoms with E-state index in [2.05, 4.69) is 26.1 Å². The van der Waals surface area contributed by atoms with E-state index in [-0.39, 0.29) is 12.5 Å². The van der Waals surface area contributed by atoms with Crippen LogP contribution in [-0.2, 0) is 0 Å². The number of aromatic hydroxyl groups is 1. The Morgan fingerprint density at radius 1 is 1.20 bits per heavy atom. The Labute approximate surface area is 92.8 Å². The SMILES string of the molecule is Oc1c(Br)nnc2cc3c(cc12)OCO3. The largest absolute Gasteiger partial charge is 0.504 e. The normalized spacial score (nSPS) is 13.4. The maximum Gasteiger partial charge on any atom is 0.231 e. The highest BCUT2D eigenvalue weighted by Gasteiger charge is 2.17. The topological polar surface area (TPSA) is 64.5 Å². The summed E-state index contributed by atoms with van der Waals surface area (Å²) in [5.74, 6) is 1.29. The van der Waals surface area contributed by atoms with Crippen LogP contribution in [0.2, 0.25) is 0 Å². The van der Waals surface area contributed by atoms with Crippen molar-refractivity contribution in [3.63, 3.8) is 0 Å². The Morgan fingerprint density at radius 3 is 2.73 bits per heavy atom. The number of fused-ring (bicyclic) bond motifs is 2. The Morgan fingerprint density at radius 2 is 1.93 bits per heavy atom. The molecule has 2 heterocycles. The maximum atomic E-state index is 9.74. The highest BCUT2D eigenvalue weighted by Crippen LogP contribution is 2.39. The van der Waals surface area contributed by atoms with Gasteiger partial charge in [-0.3, -0.25) is 0 Å². The molecule has 0 spiro atoms. The number of nitrogens with zero attached hydrogens (tertiary/aromatic N) is 2. The highest BCUT2D eigenvalue weighted by molar-refractivity contribution is 9.10. The van der Waals surface area contributed by atoms with Crippen molar-refractivity contribution in [3.05, 3.63) is 16.7 Å². The lowest BCUT2D eigenvalue weighted by molar-refractivity contribution is 0.174. The molecular weight excluding hydrogens is 264 g/mol. The highest BCUT2D eigenvalue weighted by atomic mass is 79.9. The molecule has 1 aromatic carbocycles. The second-order valence-corrected chi connectivity index (χ2v) is 3.81. The van der Waals surface area contributed by atoms with E-state index in [1.165, 1.54) is 0 Å². The predicted octanol–water partition coefficient (Wildman–Crippen LogP) is 1.83. The fourth-order valence-corrected chi connectivity index (χ4v) is 1.75. The zero-order valence-electron chi connectivity index (χ0n) is 7.40. The molecule has 6 heteroatoms. The van der Waals surface area contributed by atoms with Gasteiger partial charge in [-0.05, 0) is 22.0 Å². The molecule has 2 aromatic rings. The first-order chi connectivity index (χ1) is 7.25. The summed E-state index contributed by atoms with van der Waals surface area (Å²) in [5, 5.41) is 18.0. The second-order valence-electron chi connectivity index (χ2n) is 3.06. The van der Waals surface area contributed by atoms with Gasteiger partial charge in [-0.2, -0.15) is 0 Å².